The van der Waals surface area contributed by atoms with E-state index >= 15 is 0 Å². The summed E-state index contributed by atoms with van der Waals surface area (Å²) in [5.74, 6) is 0.738. The number of hydrogen-bond donors (Lipinski definition) is 0. The van der Waals surface area contributed by atoms with Crippen molar-refractivity contribution >= 4 is 27.2 Å². The van der Waals surface area contributed by atoms with Crippen molar-refractivity contribution in [2.75, 3.05) is 6.26 Å². The van der Waals surface area contributed by atoms with E-state index in [4.69, 9.17) is 0 Å². The standard InChI is InChI=1S/C9H13NO2S2/c1-14(11,12)9-4-6-2-7(9)8(3-6)10-5-13/h6-9H,2-4H2,1H3/t6-,7+,8+,9+/m0/s1. The molecule has 0 aromatic heterocycles. The molecule has 0 heterocycles. The summed E-state index contributed by atoms with van der Waals surface area (Å²) in [5.41, 5.74) is 0. The van der Waals surface area contributed by atoms with E-state index in [9.17, 15) is 8.42 Å². The summed E-state index contributed by atoms with van der Waals surface area (Å²) in [4.78, 5) is 4.07. The smallest absolute Gasteiger partial charge is 0.150 e. The van der Waals surface area contributed by atoms with Crippen molar-refractivity contribution < 1.29 is 8.42 Å². The zero-order valence-corrected chi connectivity index (χ0v) is 9.64. The van der Waals surface area contributed by atoms with E-state index in [1.165, 1.54) is 6.26 Å². The quantitative estimate of drug-likeness (QED) is 0.531. The van der Waals surface area contributed by atoms with Gasteiger partial charge in [-0.3, -0.25) is 0 Å². The van der Waals surface area contributed by atoms with E-state index in [2.05, 4.69) is 22.4 Å². The van der Waals surface area contributed by atoms with E-state index in [1.54, 1.807) is 0 Å². The van der Waals surface area contributed by atoms with Crippen molar-refractivity contribution in [1.29, 1.82) is 0 Å². The monoisotopic (exact) mass is 231 g/mol. The number of hydrogen-bond acceptors (Lipinski definition) is 4. The van der Waals surface area contributed by atoms with Crippen LogP contribution in [0.3, 0.4) is 0 Å². The second kappa shape index (κ2) is 3.40. The summed E-state index contributed by atoms with van der Waals surface area (Å²) in [7, 11) is -2.91. The third-order valence-electron chi connectivity index (χ3n) is 3.49. The molecule has 2 rings (SSSR count). The first-order chi connectivity index (χ1) is 6.52. The van der Waals surface area contributed by atoms with Gasteiger partial charge in [0.15, 0.2) is 9.84 Å². The molecule has 3 nitrogen and oxygen atoms in total. The van der Waals surface area contributed by atoms with Gasteiger partial charge in [-0.15, -0.1) is 0 Å². The van der Waals surface area contributed by atoms with Crippen molar-refractivity contribution in [3.8, 4) is 0 Å². The van der Waals surface area contributed by atoms with Gasteiger partial charge >= 0.3 is 0 Å². The Hall–Kier alpha value is -0.250. The van der Waals surface area contributed by atoms with Crippen LogP contribution in [0.4, 0.5) is 0 Å². The SMILES string of the molecule is CS(=O)(=O)[C@@H]1C[C@H]2C[C@@H]1[C@H](N=C=S)C2. The highest BCUT2D eigenvalue weighted by molar-refractivity contribution is 7.91. The maximum absolute atomic E-state index is 11.5. The number of sulfone groups is 1. The molecular formula is C9H13NO2S2. The minimum Gasteiger partial charge on any atom is -0.229 e. The summed E-state index contributed by atoms with van der Waals surface area (Å²) in [6.45, 7) is 0. The number of aliphatic imine (C=N–C) groups is 1. The van der Waals surface area contributed by atoms with Crippen LogP contribution in [0.15, 0.2) is 4.99 Å². The lowest BCUT2D eigenvalue weighted by atomic mass is 9.95. The fraction of sp³-hybridized carbons (Fsp3) is 0.889. The summed E-state index contributed by atoms with van der Waals surface area (Å²) >= 11 is 4.57. The molecule has 0 saturated heterocycles. The summed E-state index contributed by atoms with van der Waals surface area (Å²) < 4.78 is 23.0. The molecule has 0 N–H and O–H groups in total. The minimum atomic E-state index is -2.91. The van der Waals surface area contributed by atoms with E-state index in [1.807, 2.05) is 0 Å². The van der Waals surface area contributed by atoms with Crippen LogP contribution in [-0.2, 0) is 9.84 Å². The molecule has 0 aromatic rings. The first kappa shape index (κ1) is 10.3. The Morgan fingerprint density at radius 1 is 1.36 bits per heavy atom. The van der Waals surface area contributed by atoms with E-state index < -0.39 is 9.84 Å². The third kappa shape index (κ3) is 1.64. The first-order valence-corrected chi connectivity index (χ1v) is 7.14. The fourth-order valence-electron chi connectivity index (χ4n) is 2.96. The molecule has 0 spiro atoms. The Kier molecular flexibility index (Phi) is 2.50. The van der Waals surface area contributed by atoms with Gasteiger partial charge in [0.05, 0.1) is 16.5 Å². The highest BCUT2D eigenvalue weighted by Gasteiger charge is 2.50. The van der Waals surface area contributed by atoms with Gasteiger partial charge in [0.2, 0.25) is 0 Å². The molecule has 0 unspecified atom stereocenters. The van der Waals surface area contributed by atoms with Crippen molar-refractivity contribution in [2.45, 2.75) is 30.6 Å². The molecule has 2 bridgehead atoms. The lowest BCUT2D eigenvalue weighted by Crippen LogP contribution is -2.33. The average molecular weight is 231 g/mol. The van der Waals surface area contributed by atoms with Gasteiger partial charge in [-0.05, 0) is 43.3 Å². The molecule has 4 atom stereocenters. The number of thiocarbonyl (C=S) groups is 1. The van der Waals surface area contributed by atoms with Crippen molar-refractivity contribution in [3.05, 3.63) is 0 Å². The van der Waals surface area contributed by atoms with Crippen LogP contribution in [0, 0.1) is 11.8 Å². The molecule has 5 heteroatoms. The molecule has 0 aliphatic heterocycles. The molecular weight excluding hydrogens is 218 g/mol. The van der Waals surface area contributed by atoms with Crippen LogP contribution in [0.25, 0.3) is 0 Å². The molecule has 14 heavy (non-hydrogen) atoms. The van der Waals surface area contributed by atoms with Crippen molar-refractivity contribution in [1.82, 2.24) is 0 Å². The second-order valence-electron chi connectivity index (χ2n) is 4.39. The fourth-order valence-corrected chi connectivity index (χ4v) is 4.64. The number of fused-ring (bicyclic) bond motifs is 2. The lowest BCUT2D eigenvalue weighted by Gasteiger charge is -2.24. The van der Waals surface area contributed by atoms with Gasteiger partial charge in [0.25, 0.3) is 0 Å². The van der Waals surface area contributed by atoms with Gasteiger partial charge in [0.1, 0.15) is 0 Å². The van der Waals surface area contributed by atoms with Crippen LogP contribution in [0.5, 0.6) is 0 Å². The normalized spacial score (nSPS) is 40.9. The van der Waals surface area contributed by atoms with Crippen molar-refractivity contribution in [3.63, 3.8) is 0 Å². The maximum Gasteiger partial charge on any atom is 0.150 e. The number of rotatable bonds is 2. The maximum atomic E-state index is 11.5. The second-order valence-corrected chi connectivity index (χ2v) is 6.84. The molecule has 2 fully saturated rings. The van der Waals surface area contributed by atoms with Crippen LogP contribution < -0.4 is 0 Å². The summed E-state index contributed by atoms with van der Waals surface area (Å²) in [5, 5.41) is 2.20. The number of nitrogens with zero attached hydrogens (tertiary/aromatic N) is 1. The van der Waals surface area contributed by atoms with E-state index in [0.29, 0.717) is 5.92 Å². The predicted octanol–water partition coefficient (Wildman–Crippen LogP) is 1.30. The molecule has 2 aliphatic rings. The predicted molar refractivity (Wildman–Crippen MR) is 58.3 cm³/mol. The highest BCUT2D eigenvalue weighted by atomic mass is 32.2. The molecule has 0 aromatic carbocycles. The Bertz CT molecular complexity index is 384. The zero-order valence-electron chi connectivity index (χ0n) is 8.01. The van der Waals surface area contributed by atoms with Crippen molar-refractivity contribution in [2.24, 2.45) is 16.8 Å². The largest absolute Gasteiger partial charge is 0.229 e. The molecule has 78 valence electrons. The Balaban J connectivity index is 2.23. The summed E-state index contributed by atoms with van der Waals surface area (Å²) in [6, 6.07) is 0.117. The number of isothiocyanates is 1. The zero-order chi connectivity index (χ0) is 10.3. The van der Waals surface area contributed by atoms with Gasteiger partial charge in [-0.25, -0.2) is 13.4 Å². The van der Waals surface area contributed by atoms with Gasteiger partial charge in [-0.2, -0.15) is 0 Å². The molecule has 0 amide bonds. The van der Waals surface area contributed by atoms with Crippen LogP contribution >= 0.6 is 12.2 Å². The Morgan fingerprint density at radius 3 is 2.57 bits per heavy atom. The topological polar surface area (TPSA) is 46.5 Å². The summed E-state index contributed by atoms with van der Waals surface area (Å²) in [6.07, 6.45) is 4.16. The highest BCUT2D eigenvalue weighted by Crippen LogP contribution is 2.48. The molecule has 2 aliphatic carbocycles. The Morgan fingerprint density at radius 2 is 2.07 bits per heavy atom. The average Bonchev–Trinajstić information content (AvgIpc) is 2.61. The van der Waals surface area contributed by atoms with Crippen LogP contribution in [-0.4, -0.2) is 31.1 Å². The van der Waals surface area contributed by atoms with Crippen LogP contribution in [0.1, 0.15) is 19.3 Å². The first-order valence-electron chi connectivity index (χ1n) is 4.78. The van der Waals surface area contributed by atoms with Gasteiger partial charge < -0.3 is 0 Å². The Labute approximate surface area is 89.5 Å². The molecule has 0 radical (unpaired) electrons. The van der Waals surface area contributed by atoms with Gasteiger partial charge in [0, 0.05) is 6.26 Å². The van der Waals surface area contributed by atoms with E-state index in [0.717, 1.165) is 19.3 Å². The molecule has 2 saturated carbocycles. The minimum absolute atomic E-state index is 0.117. The van der Waals surface area contributed by atoms with Crippen LogP contribution in [0.2, 0.25) is 0 Å². The lowest BCUT2D eigenvalue weighted by molar-refractivity contribution is 0.416. The third-order valence-corrected chi connectivity index (χ3v) is 5.23. The van der Waals surface area contributed by atoms with E-state index in [-0.39, 0.29) is 17.2 Å². The van der Waals surface area contributed by atoms with Gasteiger partial charge in [-0.1, -0.05) is 0 Å².